The molecule has 4 N–H and O–H groups in total. The molecule has 0 atom stereocenters. The van der Waals surface area contributed by atoms with Crippen LogP contribution in [0.1, 0.15) is 23.0 Å². The van der Waals surface area contributed by atoms with Crippen LogP contribution < -0.4 is 15.8 Å². The number of nitrogens with one attached hydrogen (secondary N) is 2. The van der Waals surface area contributed by atoms with Crippen molar-refractivity contribution in [3.8, 4) is 0 Å². The molecule has 0 saturated carbocycles. The zero-order chi connectivity index (χ0) is 25.4. The van der Waals surface area contributed by atoms with Crippen molar-refractivity contribution < 1.29 is 26.4 Å². The van der Waals surface area contributed by atoms with Crippen molar-refractivity contribution in [1.82, 2.24) is 14.5 Å². The van der Waals surface area contributed by atoms with Gasteiger partial charge in [0.2, 0.25) is 21.9 Å². The maximum absolute atomic E-state index is 13.5. The molecule has 35 heavy (non-hydrogen) atoms. The minimum absolute atomic E-state index is 0.0662. The molecule has 0 aliphatic carbocycles. The molecule has 0 radical (unpaired) electrons. The number of primary sulfonamides is 1. The first-order valence-electron chi connectivity index (χ1n) is 10.1. The number of halogens is 3. The number of hydrogen-bond acceptors (Lipinski definition) is 7. The highest BCUT2D eigenvalue weighted by molar-refractivity contribution is 7.89. The second-order valence-corrected chi connectivity index (χ2v) is 9.17. The SMILES string of the molecule is CC(=O)n1ccc2ccc(Nc3nc(NCc4ccc(S(N)(=O)=O)cc4)cc(C(F)(F)F)n3)cc21. The lowest BCUT2D eigenvalue weighted by Gasteiger charge is -2.13. The Morgan fingerprint density at radius 3 is 2.40 bits per heavy atom. The highest BCUT2D eigenvalue weighted by atomic mass is 32.2. The molecule has 0 amide bonds. The lowest BCUT2D eigenvalue weighted by atomic mass is 10.2. The molecule has 9 nitrogen and oxygen atoms in total. The molecule has 0 bridgehead atoms. The second-order valence-electron chi connectivity index (χ2n) is 7.61. The predicted octanol–water partition coefficient (Wildman–Crippen LogP) is 4.11. The van der Waals surface area contributed by atoms with E-state index >= 15 is 0 Å². The zero-order valence-corrected chi connectivity index (χ0v) is 19.0. The monoisotopic (exact) mass is 504 g/mol. The number of fused-ring (bicyclic) bond motifs is 1. The van der Waals surface area contributed by atoms with Gasteiger partial charge in [0, 0.05) is 36.8 Å². The van der Waals surface area contributed by atoms with Crippen molar-refractivity contribution in [3.05, 3.63) is 72.1 Å². The fourth-order valence-corrected chi connectivity index (χ4v) is 3.85. The van der Waals surface area contributed by atoms with Gasteiger partial charge >= 0.3 is 6.18 Å². The molecule has 182 valence electrons. The van der Waals surface area contributed by atoms with Gasteiger partial charge in [-0.2, -0.15) is 18.2 Å². The average Bonchev–Trinajstić information content (AvgIpc) is 3.20. The van der Waals surface area contributed by atoms with E-state index in [9.17, 15) is 26.4 Å². The van der Waals surface area contributed by atoms with Crippen LogP contribution in [0, 0.1) is 0 Å². The molecule has 4 rings (SSSR count). The summed E-state index contributed by atoms with van der Waals surface area (Å²) in [6.07, 6.45) is -3.12. The predicted molar refractivity (Wildman–Crippen MR) is 124 cm³/mol. The first-order chi connectivity index (χ1) is 16.4. The van der Waals surface area contributed by atoms with E-state index in [1.165, 1.54) is 35.8 Å². The summed E-state index contributed by atoms with van der Waals surface area (Å²) in [5.41, 5.74) is 0.406. The van der Waals surface area contributed by atoms with Crippen LogP contribution >= 0.6 is 0 Å². The first kappa shape index (κ1) is 24.2. The fourth-order valence-electron chi connectivity index (χ4n) is 3.34. The maximum atomic E-state index is 13.5. The van der Waals surface area contributed by atoms with Gasteiger partial charge in [0.25, 0.3) is 0 Å². The Morgan fingerprint density at radius 1 is 1.06 bits per heavy atom. The van der Waals surface area contributed by atoms with E-state index in [1.54, 1.807) is 30.5 Å². The summed E-state index contributed by atoms with van der Waals surface area (Å²) >= 11 is 0. The lowest BCUT2D eigenvalue weighted by molar-refractivity contribution is -0.141. The van der Waals surface area contributed by atoms with Crippen molar-refractivity contribution in [3.63, 3.8) is 0 Å². The van der Waals surface area contributed by atoms with Crippen LogP contribution in [0.2, 0.25) is 0 Å². The quantitative estimate of drug-likeness (QED) is 0.360. The number of carbonyl (C=O) groups is 1. The molecule has 4 aromatic rings. The van der Waals surface area contributed by atoms with E-state index < -0.39 is 21.9 Å². The summed E-state index contributed by atoms with van der Waals surface area (Å²) in [5, 5.41) is 11.4. The highest BCUT2D eigenvalue weighted by Crippen LogP contribution is 2.31. The van der Waals surface area contributed by atoms with Gasteiger partial charge in [0.05, 0.1) is 10.4 Å². The number of anilines is 3. The van der Waals surface area contributed by atoms with Crippen molar-refractivity contribution in [2.75, 3.05) is 10.6 Å². The standard InChI is InChI=1S/C22H19F3N6O3S/c1-13(32)31-9-8-15-4-5-16(10-18(15)31)28-21-29-19(22(23,24)25)11-20(30-21)27-12-14-2-6-17(7-3-14)35(26,33)34/h2-11H,12H2,1H3,(H2,26,33,34)(H2,27,28,29,30). The Kier molecular flexibility index (Phi) is 6.21. The topological polar surface area (TPSA) is 132 Å². The molecule has 0 saturated heterocycles. The van der Waals surface area contributed by atoms with Crippen LogP contribution in [-0.2, 0) is 22.7 Å². The third-order valence-corrected chi connectivity index (χ3v) is 5.96. The maximum Gasteiger partial charge on any atom is 0.433 e. The third kappa shape index (κ3) is 5.58. The van der Waals surface area contributed by atoms with Crippen LogP contribution in [0.4, 0.5) is 30.6 Å². The number of nitrogens with two attached hydrogens (primary N) is 1. The lowest BCUT2D eigenvalue weighted by Crippen LogP contribution is -2.13. The summed E-state index contributed by atoms with van der Waals surface area (Å²) < 4.78 is 64.5. The van der Waals surface area contributed by atoms with Gasteiger partial charge in [0.15, 0.2) is 5.69 Å². The summed E-state index contributed by atoms with van der Waals surface area (Å²) in [6.45, 7) is 1.46. The van der Waals surface area contributed by atoms with Gasteiger partial charge in [-0.3, -0.25) is 9.36 Å². The van der Waals surface area contributed by atoms with Gasteiger partial charge in [-0.05, 0) is 35.9 Å². The largest absolute Gasteiger partial charge is 0.433 e. The smallest absolute Gasteiger partial charge is 0.366 e. The number of benzene rings is 2. The molecule has 2 aromatic carbocycles. The molecular formula is C22H19F3N6O3S. The number of carbonyl (C=O) groups excluding carboxylic acids is 1. The van der Waals surface area contributed by atoms with E-state index in [1.807, 2.05) is 0 Å². The third-order valence-electron chi connectivity index (χ3n) is 5.03. The Balaban J connectivity index is 1.60. The zero-order valence-electron chi connectivity index (χ0n) is 18.2. The minimum atomic E-state index is -4.72. The first-order valence-corrected chi connectivity index (χ1v) is 11.7. The second kappa shape index (κ2) is 9.00. The van der Waals surface area contributed by atoms with Crippen molar-refractivity contribution in [2.24, 2.45) is 5.14 Å². The number of aromatic nitrogens is 3. The van der Waals surface area contributed by atoms with Gasteiger partial charge in [-0.15, -0.1) is 0 Å². The molecule has 0 aliphatic rings. The number of sulfonamides is 1. The van der Waals surface area contributed by atoms with Crippen LogP contribution in [0.3, 0.4) is 0 Å². The van der Waals surface area contributed by atoms with Gasteiger partial charge in [-0.25, -0.2) is 18.5 Å². The minimum Gasteiger partial charge on any atom is -0.366 e. The van der Waals surface area contributed by atoms with Gasteiger partial charge in [-0.1, -0.05) is 18.2 Å². The number of rotatable bonds is 6. The van der Waals surface area contributed by atoms with E-state index in [-0.39, 0.29) is 29.1 Å². The molecule has 0 unspecified atom stereocenters. The van der Waals surface area contributed by atoms with Crippen LogP contribution in [0.5, 0.6) is 0 Å². The molecule has 0 aliphatic heterocycles. The van der Waals surface area contributed by atoms with Crippen molar-refractivity contribution in [2.45, 2.75) is 24.5 Å². The van der Waals surface area contributed by atoms with Crippen LogP contribution in [-0.4, -0.2) is 28.9 Å². The number of hydrogen-bond donors (Lipinski definition) is 3. The Morgan fingerprint density at radius 2 is 1.77 bits per heavy atom. The summed E-state index contributed by atoms with van der Waals surface area (Å²) in [4.78, 5) is 19.4. The van der Waals surface area contributed by atoms with E-state index in [2.05, 4.69) is 20.6 Å². The summed E-state index contributed by atoms with van der Waals surface area (Å²) in [5.74, 6) is -0.609. The molecule has 0 spiro atoms. The molecule has 13 heteroatoms. The van der Waals surface area contributed by atoms with Gasteiger partial charge < -0.3 is 10.6 Å². The van der Waals surface area contributed by atoms with E-state index in [0.29, 0.717) is 16.8 Å². The van der Waals surface area contributed by atoms with Crippen molar-refractivity contribution in [1.29, 1.82) is 0 Å². The van der Waals surface area contributed by atoms with Crippen LogP contribution in [0.15, 0.2) is 65.7 Å². The molecule has 2 aromatic heterocycles. The normalized spacial score (nSPS) is 12.0. The molecule has 2 heterocycles. The summed E-state index contributed by atoms with van der Waals surface area (Å²) in [6, 6.07) is 13.0. The Bertz CT molecular complexity index is 1520. The molecular weight excluding hydrogens is 485 g/mol. The molecule has 0 fully saturated rings. The number of alkyl halides is 3. The van der Waals surface area contributed by atoms with E-state index in [0.717, 1.165) is 11.5 Å². The highest BCUT2D eigenvalue weighted by Gasteiger charge is 2.33. The van der Waals surface area contributed by atoms with Crippen LogP contribution in [0.25, 0.3) is 10.9 Å². The summed E-state index contributed by atoms with van der Waals surface area (Å²) in [7, 11) is -3.86. The Labute approximate surface area is 197 Å². The average molecular weight is 504 g/mol. The van der Waals surface area contributed by atoms with Gasteiger partial charge in [0.1, 0.15) is 5.82 Å². The number of nitrogens with zero attached hydrogens (tertiary/aromatic N) is 3. The van der Waals surface area contributed by atoms with E-state index in [4.69, 9.17) is 5.14 Å². The fraction of sp³-hybridized carbons (Fsp3) is 0.136. The Hall–Kier alpha value is -3.97. The van der Waals surface area contributed by atoms with Crippen molar-refractivity contribution >= 4 is 44.3 Å².